The molecule has 1 heterocycles. The number of carbonyl (C=O) groups excluding carboxylic acids is 1. The lowest BCUT2D eigenvalue weighted by molar-refractivity contribution is 0.148. The maximum absolute atomic E-state index is 12.2. The Morgan fingerprint density at radius 3 is 2.57 bits per heavy atom. The molecule has 1 aliphatic heterocycles. The average molecular weight is 325 g/mol. The Kier molecular flexibility index (Phi) is 7.63. The summed E-state index contributed by atoms with van der Waals surface area (Å²) in [6, 6.07) is 0.0983. The SMILES string of the molecule is C[C@H]1CCCC[C@H]1CNC(=O)N(C)CCCN1CCN(C)CC1. The van der Waals surface area contributed by atoms with Gasteiger partial charge in [-0.15, -0.1) is 0 Å². The van der Waals surface area contributed by atoms with E-state index in [0.717, 1.165) is 58.2 Å². The van der Waals surface area contributed by atoms with Gasteiger partial charge in [0, 0.05) is 46.3 Å². The zero-order valence-corrected chi connectivity index (χ0v) is 15.4. The third kappa shape index (κ3) is 6.30. The first-order valence-corrected chi connectivity index (χ1v) is 9.46. The van der Waals surface area contributed by atoms with Crippen LogP contribution >= 0.6 is 0 Å². The van der Waals surface area contributed by atoms with Crippen molar-refractivity contribution in [3.8, 4) is 0 Å². The van der Waals surface area contributed by atoms with Gasteiger partial charge in [-0.3, -0.25) is 0 Å². The van der Waals surface area contributed by atoms with Gasteiger partial charge in [-0.05, 0) is 38.3 Å². The first kappa shape index (κ1) is 18.5. The van der Waals surface area contributed by atoms with Crippen molar-refractivity contribution in [1.82, 2.24) is 20.0 Å². The molecule has 2 amide bonds. The monoisotopic (exact) mass is 324 g/mol. The summed E-state index contributed by atoms with van der Waals surface area (Å²) in [6.07, 6.45) is 6.34. The van der Waals surface area contributed by atoms with Crippen molar-refractivity contribution in [3.63, 3.8) is 0 Å². The molecule has 1 saturated heterocycles. The van der Waals surface area contributed by atoms with E-state index < -0.39 is 0 Å². The van der Waals surface area contributed by atoms with Crippen LogP contribution in [0.25, 0.3) is 0 Å². The molecule has 0 radical (unpaired) electrons. The van der Waals surface area contributed by atoms with Crippen LogP contribution < -0.4 is 5.32 Å². The maximum Gasteiger partial charge on any atom is 0.317 e. The molecule has 0 aromatic rings. The zero-order valence-electron chi connectivity index (χ0n) is 15.4. The van der Waals surface area contributed by atoms with Crippen molar-refractivity contribution in [3.05, 3.63) is 0 Å². The van der Waals surface area contributed by atoms with Crippen LogP contribution in [-0.2, 0) is 0 Å². The van der Waals surface area contributed by atoms with Crippen LogP contribution in [0.1, 0.15) is 39.0 Å². The summed E-state index contributed by atoms with van der Waals surface area (Å²) in [5, 5.41) is 3.14. The second-order valence-electron chi connectivity index (χ2n) is 7.63. The van der Waals surface area contributed by atoms with Gasteiger partial charge >= 0.3 is 6.03 Å². The van der Waals surface area contributed by atoms with Crippen LogP contribution in [0.2, 0.25) is 0 Å². The Morgan fingerprint density at radius 2 is 1.87 bits per heavy atom. The predicted octanol–water partition coefficient (Wildman–Crippen LogP) is 2.09. The summed E-state index contributed by atoms with van der Waals surface area (Å²) in [5.74, 6) is 1.43. The number of piperazine rings is 1. The van der Waals surface area contributed by atoms with Crippen molar-refractivity contribution in [2.24, 2.45) is 11.8 Å². The van der Waals surface area contributed by atoms with E-state index in [4.69, 9.17) is 0 Å². The van der Waals surface area contributed by atoms with Gasteiger partial charge < -0.3 is 20.0 Å². The molecule has 2 fully saturated rings. The second kappa shape index (κ2) is 9.48. The van der Waals surface area contributed by atoms with Gasteiger partial charge in [0.1, 0.15) is 0 Å². The highest BCUT2D eigenvalue weighted by Gasteiger charge is 2.22. The van der Waals surface area contributed by atoms with Crippen LogP contribution in [-0.4, -0.2) is 80.6 Å². The van der Waals surface area contributed by atoms with Crippen LogP contribution in [0.15, 0.2) is 0 Å². The number of carbonyl (C=O) groups is 1. The van der Waals surface area contributed by atoms with Gasteiger partial charge in [0.2, 0.25) is 0 Å². The number of nitrogens with one attached hydrogen (secondary N) is 1. The minimum absolute atomic E-state index is 0.0983. The molecule has 5 heteroatoms. The van der Waals surface area contributed by atoms with Crippen LogP contribution in [0, 0.1) is 11.8 Å². The van der Waals surface area contributed by atoms with Crippen LogP contribution in [0.3, 0.4) is 0 Å². The normalized spacial score (nSPS) is 26.9. The minimum atomic E-state index is 0.0983. The van der Waals surface area contributed by atoms with Crippen LogP contribution in [0.4, 0.5) is 4.79 Å². The van der Waals surface area contributed by atoms with Gasteiger partial charge in [0.15, 0.2) is 0 Å². The largest absolute Gasteiger partial charge is 0.338 e. The number of hydrogen-bond donors (Lipinski definition) is 1. The Balaban J connectivity index is 1.57. The lowest BCUT2D eigenvalue weighted by Crippen LogP contribution is -2.46. The van der Waals surface area contributed by atoms with Gasteiger partial charge in [0.05, 0.1) is 0 Å². The Bertz CT molecular complexity index is 355. The Morgan fingerprint density at radius 1 is 1.17 bits per heavy atom. The molecule has 2 atom stereocenters. The highest BCUT2D eigenvalue weighted by molar-refractivity contribution is 5.73. The molecule has 0 bridgehead atoms. The van der Waals surface area contributed by atoms with Crippen molar-refractivity contribution in [2.75, 3.05) is 59.9 Å². The highest BCUT2D eigenvalue weighted by Crippen LogP contribution is 2.28. The van der Waals surface area contributed by atoms with Gasteiger partial charge in [0.25, 0.3) is 0 Å². The third-order valence-electron chi connectivity index (χ3n) is 5.72. The quantitative estimate of drug-likeness (QED) is 0.813. The third-order valence-corrected chi connectivity index (χ3v) is 5.72. The average Bonchev–Trinajstić information content (AvgIpc) is 2.55. The number of likely N-dealkylation sites (N-methyl/N-ethyl adjacent to an activating group) is 1. The fourth-order valence-electron chi connectivity index (χ4n) is 3.75. The predicted molar refractivity (Wildman–Crippen MR) is 95.7 cm³/mol. The molecular weight excluding hydrogens is 288 g/mol. The summed E-state index contributed by atoms with van der Waals surface area (Å²) < 4.78 is 0. The molecular formula is C18H36N4O. The molecule has 2 aliphatic rings. The lowest BCUT2D eigenvalue weighted by Gasteiger charge is -2.32. The number of hydrogen-bond acceptors (Lipinski definition) is 3. The summed E-state index contributed by atoms with van der Waals surface area (Å²) in [5.41, 5.74) is 0. The Hall–Kier alpha value is -0.810. The molecule has 0 spiro atoms. The van der Waals surface area contributed by atoms with E-state index in [1.54, 1.807) is 0 Å². The van der Waals surface area contributed by atoms with E-state index in [9.17, 15) is 4.79 Å². The van der Waals surface area contributed by atoms with E-state index >= 15 is 0 Å². The van der Waals surface area contributed by atoms with E-state index in [-0.39, 0.29) is 6.03 Å². The standard InChI is InChI=1S/C18H36N4O/c1-16-7-4-5-8-17(16)15-19-18(23)21(3)9-6-10-22-13-11-20(2)12-14-22/h16-17H,4-15H2,1-3H3,(H,19,23)/t16-,17-/m0/s1. The molecule has 1 N–H and O–H groups in total. The summed E-state index contributed by atoms with van der Waals surface area (Å²) in [4.78, 5) is 18.9. The fraction of sp³-hybridized carbons (Fsp3) is 0.944. The topological polar surface area (TPSA) is 38.8 Å². The molecule has 2 rings (SSSR count). The molecule has 0 unspecified atom stereocenters. The van der Waals surface area contributed by atoms with Crippen molar-refractivity contribution >= 4 is 6.03 Å². The molecule has 0 aromatic carbocycles. The highest BCUT2D eigenvalue weighted by atomic mass is 16.2. The first-order chi connectivity index (χ1) is 11.1. The summed E-state index contributed by atoms with van der Waals surface area (Å²) in [6.45, 7) is 9.77. The zero-order chi connectivity index (χ0) is 16.7. The summed E-state index contributed by atoms with van der Waals surface area (Å²) in [7, 11) is 4.10. The molecule has 1 aliphatic carbocycles. The first-order valence-electron chi connectivity index (χ1n) is 9.46. The van der Waals surface area contributed by atoms with E-state index in [1.165, 1.54) is 25.7 Å². The second-order valence-corrected chi connectivity index (χ2v) is 7.63. The number of rotatable bonds is 6. The van der Waals surface area contributed by atoms with Crippen LogP contribution in [0.5, 0.6) is 0 Å². The molecule has 5 nitrogen and oxygen atoms in total. The number of nitrogens with zero attached hydrogens (tertiary/aromatic N) is 3. The number of amides is 2. The smallest absolute Gasteiger partial charge is 0.317 e. The lowest BCUT2D eigenvalue weighted by atomic mass is 9.80. The fourth-order valence-corrected chi connectivity index (χ4v) is 3.75. The Labute approximate surface area is 142 Å². The van der Waals surface area contributed by atoms with Crippen molar-refractivity contribution in [2.45, 2.75) is 39.0 Å². The van der Waals surface area contributed by atoms with E-state index in [0.29, 0.717) is 5.92 Å². The van der Waals surface area contributed by atoms with E-state index in [2.05, 4.69) is 29.1 Å². The summed E-state index contributed by atoms with van der Waals surface area (Å²) >= 11 is 0. The van der Waals surface area contributed by atoms with Crippen molar-refractivity contribution < 1.29 is 4.79 Å². The van der Waals surface area contributed by atoms with Crippen molar-refractivity contribution in [1.29, 1.82) is 0 Å². The van der Waals surface area contributed by atoms with Gasteiger partial charge in [-0.25, -0.2) is 4.79 Å². The molecule has 134 valence electrons. The minimum Gasteiger partial charge on any atom is -0.338 e. The molecule has 0 aromatic heterocycles. The molecule has 23 heavy (non-hydrogen) atoms. The van der Waals surface area contributed by atoms with Gasteiger partial charge in [-0.1, -0.05) is 26.2 Å². The van der Waals surface area contributed by atoms with E-state index in [1.807, 2.05) is 11.9 Å². The van der Waals surface area contributed by atoms with Gasteiger partial charge in [-0.2, -0.15) is 0 Å². The molecule has 1 saturated carbocycles. The number of urea groups is 1. The maximum atomic E-state index is 12.2.